The molecule has 0 aromatic carbocycles. The Balaban J connectivity index is 2.38. The van der Waals surface area contributed by atoms with E-state index in [9.17, 15) is 4.79 Å². The highest BCUT2D eigenvalue weighted by atomic mass is 32.6. The number of nitrogens with zero attached hydrogens (tertiary/aromatic N) is 2. The van der Waals surface area contributed by atoms with E-state index >= 15 is 0 Å². The number of nitrogens with one attached hydrogen (secondary N) is 1. The fourth-order valence-corrected chi connectivity index (χ4v) is 5.68. The van der Waals surface area contributed by atoms with E-state index in [2.05, 4.69) is 40.0 Å². The summed E-state index contributed by atoms with van der Waals surface area (Å²) < 4.78 is 0. The molecule has 0 fully saturated rings. The molecule has 0 saturated carbocycles. The van der Waals surface area contributed by atoms with Gasteiger partial charge in [0, 0.05) is 24.0 Å². The molecule has 1 aromatic rings. The van der Waals surface area contributed by atoms with Gasteiger partial charge in [-0.3, -0.25) is 14.7 Å². The molecule has 104 valence electrons. The Labute approximate surface area is 121 Å². The minimum Gasteiger partial charge on any atom is -0.325 e. The molecule has 4 atom stereocenters. The van der Waals surface area contributed by atoms with Crippen LogP contribution in [0.4, 0.5) is 5.69 Å². The van der Waals surface area contributed by atoms with Crippen molar-refractivity contribution in [3.05, 3.63) is 17.8 Å². The van der Waals surface area contributed by atoms with E-state index in [0.717, 1.165) is 38.6 Å². The number of fused-ring (bicyclic) bond motifs is 1. The smallest absolute Gasteiger partial charge is 0.238 e. The lowest BCUT2D eigenvalue weighted by Crippen LogP contribution is -2.31. The van der Waals surface area contributed by atoms with Gasteiger partial charge in [-0.05, 0) is 26.3 Å². The number of rotatable bonds is 4. The van der Waals surface area contributed by atoms with Crippen LogP contribution in [-0.4, -0.2) is 28.9 Å². The third kappa shape index (κ3) is 3.90. The zero-order valence-electron chi connectivity index (χ0n) is 10.9. The van der Waals surface area contributed by atoms with E-state index in [1.165, 1.54) is 5.56 Å². The molecule has 2 heterocycles. The molecule has 1 amide bonds. The van der Waals surface area contributed by atoms with E-state index in [-0.39, 0.29) is 13.2 Å². The van der Waals surface area contributed by atoms with Gasteiger partial charge in [0.05, 0.1) is 12.0 Å². The van der Waals surface area contributed by atoms with Gasteiger partial charge in [-0.25, -0.2) is 0 Å². The lowest BCUT2D eigenvalue weighted by Gasteiger charge is -2.20. The van der Waals surface area contributed by atoms with Gasteiger partial charge in [0.25, 0.3) is 0 Å². The molecule has 1 aliphatic rings. The summed E-state index contributed by atoms with van der Waals surface area (Å²) in [5.74, 6) is 0.0748. The van der Waals surface area contributed by atoms with Crippen LogP contribution in [0.1, 0.15) is 18.9 Å². The molecule has 1 aliphatic heterocycles. The van der Waals surface area contributed by atoms with Crippen LogP contribution in [0.25, 0.3) is 0 Å². The van der Waals surface area contributed by atoms with E-state index in [4.69, 9.17) is 0 Å². The van der Waals surface area contributed by atoms with Gasteiger partial charge in [0.15, 0.2) is 0 Å². The number of hydrogen-bond acceptors (Lipinski definition) is 3. The monoisotopic (exact) mass is 333 g/mol. The molecule has 1 aromatic heterocycles. The maximum atomic E-state index is 11.9. The van der Waals surface area contributed by atoms with Gasteiger partial charge in [-0.15, -0.1) is 17.9 Å². The third-order valence-corrected chi connectivity index (χ3v) is 12.8. The minimum absolute atomic E-state index is 0.0748. The van der Waals surface area contributed by atoms with Crippen molar-refractivity contribution in [3.63, 3.8) is 0 Å². The highest BCUT2D eigenvalue weighted by molar-refractivity contribution is 8.63. The Morgan fingerprint density at radius 3 is 3.05 bits per heavy atom. The zero-order valence-corrected chi connectivity index (χ0v) is 15.1. The van der Waals surface area contributed by atoms with Crippen LogP contribution >= 0.6 is 33.1 Å². The predicted octanol–water partition coefficient (Wildman–Crippen LogP) is 2.53. The summed E-state index contributed by atoms with van der Waals surface area (Å²) in [7, 11) is 6.15. The highest BCUT2D eigenvalue weighted by Gasteiger charge is 2.23. The number of pyridine rings is 1. The van der Waals surface area contributed by atoms with Crippen LogP contribution in [0.15, 0.2) is 12.3 Å². The highest BCUT2D eigenvalue weighted by Crippen LogP contribution is 2.65. The number of carbonyl (C=O) groups excluding carboxylic acids is 1. The van der Waals surface area contributed by atoms with E-state index in [1.807, 2.05) is 6.07 Å². The maximum Gasteiger partial charge on any atom is 0.238 e. The first-order valence-corrected chi connectivity index (χ1v) is 12.8. The SMILES string of the molecule is CCCN1CC(=O)Nc2ccnc(P(P)PP)c2C1. The van der Waals surface area contributed by atoms with Gasteiger partial charge >= 0.3 is 0 Å². The summed E-state index contributed by atoms with van der Waals surface area (Å²) in [6.45, 7) is 4.37. The van der Waals surface area contributed by atoms with Crippen LogP contribution in [0, 0.1) is 0 Å². The number of aromatic nitrogens is 1. The molecule has 4 unspecified atom stereocenters. The Morgan fingerprint density at radius 1 is 1.58 bits per heavy atom. The Kier molecular flexibility index (Phi) is 6.07. The van der Waals surface area contributed by atoms with Gasteiger partial charge in [0.2, 0.25) is 5.91 Å². The normalized spacial score (nSPS) is 18.2. The van der Waals surface area contributed by atoms with E-state index in [1.54, 1.807) is 6.20 Å². The van der Waals surface area contributed by atoms with E-state index in [0.29, 0.717) is 6.54 Å². The molecule has 4 nitrogen and oxygen atoms in total. The van der Waals surface area contributed by atoms with E-state index < -0.39 is 0 Å². The largest absolute Gasteiger partial charge is 0.325 e. The number of hydrogen-bond donors (Lipinski definition) is 1. The molecule has 0 bridgehead atoms. The molecular formula is C11H19N3OP4. The van der Waals surface area contributed by atoms with Crippen LogP contribution in [0.3, 0.4) is 0 Å². The molecule has 8 heteroatoms. The summed E-state index contributed by atoms with van der Waals surface area (Å²) >= 11 is 0. The van der Waals surface area contributed by atoms with Gasteiger partial charge < -0.3 is 5.32 Å². The summed E-state index contributed by atoms with van der Waals surface area (Å²) in [6.07, 6.45) is 2.85. The van der Waals surface area contributed by atoms with Crippen molar-refractivity contribution in [3.8, 4) is 0 Å². The van der Waals surface area contributed by atoms with Crippen molar-refractivity contribution in [2.75, 3.05) is 18.4 Å². The summed E-state index contributed by atoms with van der Waals surface area (Å²) in [6, 6.07) is 1.91. The molecular weight excluding hydrogens is 314 g/mol. The number of anilines is 1. The Bertz CT molecular complexity index is 471. The molecule has 1 N–H and O–H groups in total. The Hall–Kier alpha value is 0.300. The second-order valence-electron chi connectivity index (χ2n) is 4.42. The molecule has 0 radical (unpaired) electrons. The van der Waals surface area contributed by atoms with Gasteiger partial charge in [-0.2, -0.15) is 0 Å². The first-order chi connectivity index (χ1) is 9.15. The topological polar surface area (TPSA) is 45.2 Å². The van der Waals surface area contributed by atoms with Gasteiger partial charge in [-0.1, -0.05) is 14.9 Å². The Morgan fingerprint density at radius 2 is 2.37 bits per heavy atom. The van der Waals surface area contributed by atoms with Crippen molar-refractivity contribution in [1.29, 1.82) is 0 Å². The van der Waals surface area contributed by atoms with Crippen LogP contribution in [0.2, 0.25) is 0 Å². The molecule has 0 spiro atoms. The van der Waals surface area contributed by atoms with Crippen molar-refractivity contribution in [1.82, 2.24) is 9.88 Å². The number of carbonyl (C=O) groups is 1. The quantitative estimate of drug-likeness (QED) is 0.862. The second kappa shape index (κ2) is 7.35. The predicted molar refractivity (Wildman–Crippen MR) is 92.7 cm³/mol. The van der Waals surface area contributed by atoms with Crippen molar-refractivity contribution >= 4 is 50.1 Å². The fourth-order valence-electron chi connectivity index (χ4n) is 2.17. The first-order valence-electron chi connectivity index (χ1n) is 6.16. The lowest BCUT2D eigenvalue weighted by molar-refractivity contribution is -0.117. The van der Waals surface area contributed by atoms with Gasteiger partial charge in [0.1, 0.15) is 0 Å². The van der Waals surface area contributed by atoms with Crippen LogP contribution in [0.5, 0.6) is 0 Å². The molecule has 0 aliphatic carbocycles. The van der Waals surface area contributed by atoms with Crippen LogP contribution in [-0.2, 0) is 11.3 Å². The summed E-state index contributed by atoms with van der Waals surface area (Å²) in [4.78, 5) is 18.7. The molecule has 19 heavy (non-hydrogen) atoms. The fraction of sp³-hybridized carbons (Fsp3) is 0.455. The molecule has 2 rings (SSSR count). The van der Waals surface area contributed by atoms with Crippen LogP contribution < -0.4 is 10.8 Å². The van der Waals surface area contributed by atoms with Crippen molar-refractivity contribution in [2.45, 2.75) is 19.9 Å². The minimum atomic E-state index is -0.324. The summed E-state index contributed by atoms with van der Waals surface area (Å²) in [5.41, 5.74) is 3.28. The van der Waals surface area contributed by atoms with Crippen molar-refractivity contribution in [2.24, 2.45) is 0 Å². The standard InChI is InChI=1S/C11H19N3OP4/c1-2-5-14-6-8-9(13-10(15)7-14)3-4-12-11(8)19(17)18-16/h3-4,18H,2,5-7,16-17H2,1H3,(H,13,15). The summed E-state index contributed by atoms with van der Waals surface area (Å²) in [5, 5.41) is 3.01. The first kappa shape index (κ1) is 15.7. The third-order valence-electron chi connectivity index (χ3n) is 2.96. The average Bonchev–Trinajstić information content (AvgIpc) is 2.55. The average molecular weight is 333 g/mol. The van der Waals surface area contributed by atoms with Crippen molar-refractivity contribution < 1.29 is 4.79 Å². The second-order valence-corrected chi connectivity index (χ2v) is 13.5. The molecule has 0 saturated heterocycles. The maximum absolute atomic E-state index is 11.9. The zero-order chi connectivity index (χ0) is 13.8. The number of amides is 1. The lowest BCUT2D eigenvalue weighted by atomic mass is 10.2.